The Bertz CT molecular complexity index is 631. The van der Waals surface area contributed by atoms with Crippen LogP contribution in [0, 0.1) is 0 Å². The summed E-state index contributed by atoms with van der Waals surface area (Å²) in [5.74, 6) is 0.368. The minimum atomic E-state index is -0.783. The molecule has 2 aromatic rings. The first-order valence-corrected chi connectivity index (χ1v) is 7.27. The predicted octanol–water partition coefficient (Wildman–Crippen LogP) is 1.78. The van der Waals surface area contributed by atoms with Crippen molar-refractivity contribution in [2.24, 2.45) is 0 Å². The maximum absolute atomic E-state index is 10.2. The van der Waals surface area contributed by atoms with Crippen molar-refractivity contribution in [2.45, 2.75) is 12.6 Å². The number of likely N-dealkylation sites (N-methyl/N-ethyl adjacent to an activating group) is 1. The summed E-state index contributed by atoms with van der Waals surface area (Å²) in [6, 6.07) is 12.0. The Balaban J connectivity index is 1.85. The molecule has 0 aromatic heterocycles. The zero-order valence-electron chi connectivity index (χ0n) is 13.2. The van der Waals surface area contributed by atoms with Gasteiger partial charge in [-0.05, 0) is 35.4 Å². The first kappa shape index (κ1) is 17.1. The number of aromatic hydroxyl groups is 2. The van der Waals surface area contributed by atoms with Crippen LogP contribution in [0.2, 0.25) is 0 Å². The summed E-state index contributed by atoms with van der Waals surface area (Å²) in [6.45, 7) is 0.953. The third-order valence-electron chi connectivity index (χ3n) is 3.54. The van der Waals surface area contributed by atoms with E-state index in [1.54, 1.807) is 18.2 Å². The van der Waals surface area contributed by atoms with Gasteiger partial charge in [0.15, 0.2) is 11.5 Å². The lowest BCUT2D eigenvalue weighted by atomic mass is 10.1. The second-order valence-electron chi connectivity index (χ2n) is 5.33. The highest BCUT2D eigenvalue weighted by Gasteiger charge is 2.12. The number of ether oxygens (including phenoxy) is 1. The fraction of sp³-hybridized carbons (Fsp3) is 0.294. The van der Waals surface area contributed by atoms with Gasteiger partial charge < -0.3 is 20.1 Å². The average molecular weight is 318 g/mol. The van der Waals surface area contributed by atoms with Crippen molar-refractivity contribution < 1.29 is 20.1 Å². The summed E-state index contributed by atoms with van der Waals surface area (Å²) >= 11 is 0. The molecule has 0 bridgehead atoms. The van der Waals surface area contributed by atoms with E-state index in [0.29, 0.717) is 18.7 Å². The van der Waals surface area contributed by atoms with E-state index in [1.165, 1.54) is 12.1 Å². The summed E-state index contributed by atoms with van der Waals surface area (Å²) < 4.78 is 5.11. The van der Waals surface area contributed by atoms with E-state index in [9.17, 15) is 15.3 Å². The molecule has 124 valence electrons. The largest absolute Gasteiger partial charge is 0.504 e. The minimum Gasteiger partial charge on any atom is -0.504 e. The molecule has 23 heavy (non-hydrogen) atoms. The van der Waals surface area contributed by atoms with Crippen molar-refractivity contribution in [1.82, 2.24) is 10.4 Å². The highest BCUT2D eigenvalue weighted by Crippen LogP contribution is 2.27. The molecule has 0 aliphatic carbocycles. The van der Waals surface area contributed by atoms with Crippen molar-refractivity contribution in [1.29, 1.82) is 0 Å². The van der Waals surface area contributed by atoms with Gasteiger partial charge in [0.2, 0.25) is 0 Å². The van der Waals surface area contributed by atoms with Gasteiger partial charge in [-0.15, -0.1) is 0 Å². The van der Waals surface area contributed by atoms with Gasteiger partial charge in [0, 0.05) is 20.1 Å². The molecule has 4 N–H and O–H groups in total. The molecule has 0 aliphatic rings. The lowest BCUT2D eigenvalue weighted by Gasteiger charge is -2.22. The Kier molecular flexibility index (Phi) is 5.81. The zero-order chi connectivity index (χ0) is 16.8. The van der Waals surface area contributed by atoms with Crippen LogP contribution in [0.3, 0.4) is 0 Å². The number of nitrogens with one attached hydrogen (secondary N) is 1. The number of hydrazine groups is 1. The normalized spacial score (nSPS) is 12.3. The van der Waals surface area contributed by atoms with Gasteiger partial charge in [-0.3, -0.25) is 5.43 Å². The van der Waals surface area contributed by atoms with Crippen LogP contribution in [-0.4, -0.2) is 41.0 Å². The van der Waals surface area contributed by atoms with Gasteiger partial charge in [0.05, 0.1) is 13.2 Å². The number of nitrogens with zero attached hydrogens (tertiary/aromatic N) is 1. The van der Waals surface area contributed by atoms with E-state index < -0.39 is 6.10 Å². The van der Waals surface area contributed by atoms with E-state index in [4.69, 9.17) is 4.74 Å². The van der Waals surface area contributed by atoms with E-state index in [-0.39, 0.29) is 11.5 Å². The van der Waals surface area contributed by atoms with Crippen molar-refractivity contribution in [3.05, 3.63) is 53.6 Å². The molecule has 0 saturated heterocycles. The predicted molar refractivity (Wildman–Crippen MR) is 87.2 cm³/mol. The SMILES string of the molecule is COc1ccc(CNN(C)CC(O)c2ccc(O)c(O)c2)cc1. The van der Waals surface area contributed by atoms with Gasteiger partial charge in [-0.2, -0.15) is 0 Å². The van der Waals surface area contributed by atoms with E-state index in [2.05, 4.69) is 5.43 Å². The lowest BCUT2D eigenvalue weighted by molar-refractivity contribution is 0.0981. The average Bonchev–Trinajstić information content (AvgIpc) is 2.55. The number of phenols is 2. The molecule has 2 rings (SSSR count). The van der Waals surface area contributed by atoms with Crippen LogP contribution in [0.1, 0.15) is 17.2 Å². The molecule has 0 heterocycles. The second kappa shape index (κ2) is 7.82. The molecule has 0 aliphatic heterocycles. The Labute approximate surface area is 135 Å². The summed E-state index contributed by atoms with van der Waals surface area (Å²) in [4.78, 5) is 0. The van der Waals surface area contributed by atoms with E-state index >= 15 is 0 Å². The monoisotopic (exact) mass is 318 g/mol. The topological polar surface area (TPSA) is 85.2 Å². The fourth-order valence-corrected chi connectivity index (χ4v) is 2.15. The highest BCUT2D eigenvalue weighted by atomic mass is 16.5. The van der Waals surface area contributed by atoms with Crippen molar-refractivity contribution in [2.75, 3.05) is 20.7 Å². The van der Waals surface area contributed by atoms with Gasteiger partial charge in [0.1, 0.15) is 5.75 Å². The van der Waals surface area contributed by atoms with E-state index in [0.717, 1.165) is 11.3 Å². The zero-order valence-corrected chi connectivity index (χ0v) is 13.2. The molecule has 6 nitrogen and oxygen atoms in total. The molecule has 1 atom stereocenters. The van der Waals surface area contributed by atoms with Crippen molar-refractivity contribution >= 4 is 0 Å². The molecule has 0 radical (unpaired) electrons. The number of rotatable bonds is 7. The molecule has 0 amide bonds. The number of phenolic OH excluding ortho intramolecular Hbond substituents is 2. The fourth-order valence-electron chi connectivity index (χ4n) is 2.15. The third kappa shape index (κ3) is 4.85. The Morgan fingerprint density at radius 3 is 2.39 bits per heavy atom. The number of aliphatic hydroxyl groups is 1. The van der Waals surface area contributed by atoms with Gasteiger partial charge in [-0.1, -0.05) is 18.2 Å². The van der Waals surface area contributed by atoms with Crippen molar-refractivity contribution in [3.8, 4) is 17.2 Å². The molecular weight excluding hydrogens is 296 g/mol. The number of hydrogen-bond donors (Lipinski definition) is 4. The Hall–Kier alpha value is -2.28. The van der Waals surface area contributed by atoms with Gasteiger partial charge >= 0.3 is 0 Å². The standard InChI is InChI=1S/C17H22N2O4/c1-19(18-10-12-3-6-14(23-2)7-4-12)11-17(22)13-5-8-15(20)16(21)9-13/h3-9,17-18,20-22H,10-11H2,1-2H3. The lowest BCUT2D eigenvalue weighted by Crippen LogP contribution is -2.37. The number of methoxy groups -OCH3 is 1. The number of hydrogen-bond acceptors (Lipinski definition) is 6. The van der Waals surface area contributed by atoms with Crippen LogP contribution in [0.15, 0.2) is 42.5 Å². The minimum absolute atomic E-state index is 0.202. The maximum atomic E-state index is 10.2. The number of aliphatic hydroxyl groups excluding tert-OH is 1. The molecule has 2 aromatic carbocycles. The molecule has 0 fully saturated rings. The Morgan fingerprint density at radius 2 is 1.78 bits per heavy atom. The Morgan fingerprint density at radius 1 is 1.09 bits per heavy atom. The molecule has 6 heteroatoms. The smallest absolute Gasteiger partial charge is 0.157 e. The molecule has 1 unspecified atom stereocenters. The van der Waals surface area contributed by atoms with Gasteiger partial charge in [-0.25, -0.2) is 5.01 Å². The van der Waals surface area contributed by atoms with Crippen molar-refractivity contribution in [3.63, 3.8) is 0 Å². The first-order chi connectivity index (χ1) is 11.0. The first-order valence-electron chi connectivity index (χ1n) is 7.27. The number of benzene rings is 2. The summed E-state index contributed by atoms with van der Waals surface area (Å²) in [5.41, 5.74) is 4.82. The van der Waals surface area contributed by atoms with Gasteiger partial charge in [0.25, 0.3) is 0 Å². The van der Waals surface area contributed by atoms with Crippen LogP contribution in [0.25, 0.3) is 0 Å². The summed E-state index contributed by atoms with van der Waals surface area (Å²) in [5, 5.41) is 30.7. The summed E-state index contributed by atoms with van der Waals surface area (Å²) in [6.07, 6.45) is -0.783. The van der Waals surface area contributed by atoms with Crippen LogP contribution in [0.4, 0.5) is 0 Å². The molecule has 0 saturated carbocycles. The van der Waals surface area contributed by atoms with Crippen LogP contribution in [-0.2, 0) is 6.54 Å². The van der Waals surface area contributed by atoms with Crippen LogP contribution < -0.4 is 10.2 Å². The van der Waals surface area contributed by atoms with Crippen LogP contribution in [0.5, 0.6) is 17.2 Å². The maximum Gasteiger partial charge on any atom is 0.157 e. The third-order valence-corrected chi connectivity index (χ3v) is 3.54. The second-order valence-corrected chi connectivity index (χ2v) is 5.33. The van der Waals surface area contributed by atoms with E-state index in [1.807, 2.05) is 31.3 Å². The molecular formula is C17H22N2O4. The summed E-state index contributed by atoms with van der Waals surface area (Å²) in [7, 11) is 3.45. The molecule has 0 spiro atoms. The quantitative estimate of drug-likeness (QED) is 0.460. The highest BCUT2D eigenvalue weighted by molar-refractivity contribution is 5.41. The van der Waals surface area contributed by atoms with Crippen LogP contribution >= 0.6 is 0 Å².